The van der Waals surface area contributed by atoms with Gasteiger partial charge in [0.15, 0.2) is 0 Å². The number of halogens is 3. The first-order valence-electron chi connectivity index (χ1n) is 5.57. The Morgan fingerprint density at radius 2 is 2.05 bits per heavy atom. The van der Waals surface area contributed by atoms with Crippen molar-refractivity contribution in [3.05, 3.63) is 11.9 Å². The second kappa shape index (κ2) is 4.94. The highest BCUT2D eigenvalue weighted by Gasteiger charge is 2.36. The van der Waals surface area contributed by atoms with Crippen LogP contribution in [-0.4, -0.2) is 27.8 Å². The molecule has 0 spiro atoms. The predicted octanol–water partition coefficient (Wildman–Crippen LogP) is 0.295. The van der Waals surface area contributed by atoms with E-state index in [9.17, 15) is 22.8 Å². The van der Waals surface area contributed by atoms with E-state index in [-0.39, 0.29) is 24.5 Å². The molecule has 7 nitrogen and oxygen atoms in total. The number of nitrogens with two attached hydrogens (primary N) is 1. The third kappa shape index (κ3) is 3.13. The van der Waals surface area contributed by atoms with Gasteiger partial charge in [-0.15, -0.1) is 0 Å². The largest absolute Gasteiger partial charge is 0.451 e. The maximum atomic E-state index is 12.5. The number of anilines is 2. The molecule has 1 atom stereocenters. The van der Waals surface area contributed by atoms with Crippen molar-refractivity contribution in [2.24, 2.45) is 0 Å². The fourth-order valence-corrected chi connectivity index (χ4v) is 1.68. The molecule has 20 heavy (non-hydrogen) atoms. The topological polar surface area (TPSA) is 110 Å². The van der Waals surface area contributed by atoms with Crippen LogP contribution in [-0.2, 0) is 15.8 Å². The normalized spacial score (nSPS) is 19.6. The number of aromatic nitrogens is 2. The molecular weight excluding hydrogens is 279 g/mol. The summed E-state index contributed by atoms with van der Waals surface area (Å²) in [5.41, 5.74) is 5.27. The fraction of sp³-hybridized carbons (Fsp3) is 0.400. The minimum absolute atomic E-state index is 0.0934. The van der Waals surface area contributed by atoms with Crippen LogP contribution >= 0.6 is 0 Å². The van der Waals surface area contributed by atoms with Gasteiger partial charge in [0.2, 0.25) is 17.6 Å². The minimum Gasteiger partial charge on any atom is -0.384 e. The van der Waals surface area contributed by atoms with E-state index in [0.29, 0.717) is 0 Å². The van der Waals surface area contributed by atoms with Gasteiger partial charge in [0.05, 0.1) is 0 Å². The van der Waals surface area contributed by atoms with Crippen molar-refractivity contribution in [2.45, 2.75) is 25.1 Å². The summed E-state index contributed by atoms with van der Waals surface area (Å²) in [4.78, 5) is 28.8. The Balaban J connectivity index is 2.19. The summed E-state index contributed by atoms with van der Waals surface area (Å²) in [6.45, 7) is 0. The van der Waals surface area contributed by atoms with Crippen molar-refractivity contribution in [1.82, 2.24) is 15.3 Å². The van der Waals surface area contributed by atoms with Gasteiger partial charge in [0.1, 0.15) is 17.7 Å². The molecule has 1 aliphatic rings. The smallest absolute Gasteiger partial charge is 0.384 e. The molecule has 1 aromatic heterocycles. The van der Waals surface area contributed by atoms with Gasteiger partial charge in [-0.25, -0.2) is 9.97 Å². The second-order valence-electron chi connectivity index (χ2n) is 4.15. The van der Waals surface area contributed by atoms with Crippen molar-refractivity contribution < 1.29 is 22.8 Å². The highest BCUT2D eigenvalue weighted by Crippen LogP contribution is 2.28. The molecule has 1 aromatic rings. The summed E-state index contributed by atoms with van der Waals surface area (Å²) in [5.74, 6) is -3.04. The number of rotatable bonds is 2. The lowest BCUT2D eigenvalue weighted by molar-refractivity contribution is -0.144. The molecule has 4 N–H and O–H groups in total. The van der Waals surface area contributed by atoms with E-state index in [4.69, 9.17) is 5.73 Å². The van der Waals surface area contributed by atoms with Crippen LogP contribution in [0.15, 0.2) is 6.07 Å². The number of carbonyl (C=O) groups excluding carboxylic acids is 2. The summed E-state index contributed by atoms with van der Waals surface area (Å²) in [6.07, 6.45) is -4.48. The van der Waals surface area contributed by atoms with Gasteiger partial charge < -0.3 is 11.1 Å². The van der Waals surface area contributed by atoms with E-state index in [2.05, 4.69) is 20.6 Å². The number of piperidine rings is 1. The monoisotopic (exact) mass is 289 g/mol. The van der Waals surface area contributed by atoms with Crippen molar-refractivity contribution in [3.8, 4) is 0 Å². The Kier molecular flexibility index (Phi) is 3.47. The molecule has 0 aliphatic carbocycles. The van der Waals surface area contributed by atoms with Crippen molar-refractivity contribution in [1.29, 1.82) is 0 Å². The number of nitrogens with zero attached hydrogens (tertiary/aromatic N) is 2. The number of nitrogens with one attached hydrogen (secondary N) is 2. The lowest BCUT2D eigenvalue weighted by Crippen LogP contribution is -2.47. The maximum Gasteiger partial charge on any atom is 0.451 e. The molecule has 1 aliphatic heterocycles. The highest BCUT2D eigenvalue weighted by atomic mass is 19.4. The summed E-state index contributed by atoms with van der Waals surface area (Å²) < 4.78 is 37.6. The number of nitrogen functional groups attached to an aromatic ring is 1. The van der Waals surface area contributed by atoms with Gasteiger partial charge in [-0.2, -0.15) is 13.2 Å². The maximum absolute atomic E-state index is 12.5. The highest BCUT2D eigenvalue weighted by molar-refractivity contribution is 6.01. The zero-order valence-electron chi connectivity index (χ0n) is 9.99. The molecule has 1 fully saturated rings. The van der Waals surface area contributed by atoms with Gasteiger partial charge in [-0.05, 0) is 6.42 Å². The molecule has 10 heteroatoms. The molecule has 2 rings (SSSR count). The Morgan fingerprint density at radius 3 is 2.65 bits per heavy atom. The van der Waals surface area contributed by atoms with Crippen molar-refractivity contribution in [2.75, 3.05) is 11.1 Å². The Bertz CT molecular complexity index is 560. The molecule has 2 amide bonds. The van der Waals surface area contributed by atoms with Gasteiger partial charge in [0.25, 0.3) is 0 Å². The molecule has 0 aromatic carbocycles. The van der Waals surface area contributed by atoms with Crippen LogP contribution in [0.1, 0.15) is 18.7 Å². The van der Waals surface area contributed by atoms with E-state index in [1.807, 2.05) is 0 Å². The molecule has 0 bridgehead atoms. The Labute approximate surface area is 110 Å². The quantitative estimate of drug-likeness (QED) is 0.675. The standard InChI is InChI=1S/C10H10F3N5O2/c11-10(12,13)9-16-5(14)3-6(17-9)15-4-1-2-7(19)18-8(4)20/h3-4H,1-2H2,(H,18,19,20)(H3,14,15,16,17). The Hall–Kier alpha value is -2.39. The lowest BCUT2D eigenvalue weighted by Gasteiger charge is -2.22. The van der Waals surface area contributed by atoms with E-state index < -0.39 is 29.9 Å². The third-order valence-electron chi connectivity index (χ3n) is 2.56. The van der Waals surface area contributed by atoms with E-state index in [1.54, 1.807) is 0 Å². The first-order valence-corrected chi connectivity index (χ1v) is 5.57. The molecule has 108 valence electrons. The van der Waals surface area contributed by atoms with Crippen LogP contribution in [0, 0.1) is 0 Å². The van der Waals surface area contributed by atoms with Crippen LogP contribution < -0.4 is 16.4 Å². The van der Waals surface area contributed by atoms with Gasteiger partial charge >= 0.3 is 6.18 Å². The SMILES string of the molecule is Nc1cc(NC2CCC(=O)NC2=O)nc(C(F)(F)F)n1. The van der Waals surface area contributed by atoms with Crippen LogP contribution in [0.2, 0.25) is 0 Å². The van der Waals surface area contributed by atoms with E-state index >= 15 is 0 Å². The number of imide groups is 1. The first kappa shape index (κ1) is 14.0. The lowest BCUT2D eigenvalue weighted by atomic mass is 10.1. The molecule has 1 saturated heterocycles. The average molecular weight is 289 g/mol. The fourth-order valence-electron chi connectivity index (χ4n) is 1.68. The molecular formula is C10H10F3N5O2. The zero-order chi connectivity index (χ0) is 14.9. The van der Waals surface area contributed by atoms with Crippen LogP contribution in [0.3, 0.4) is 0 Å². The number of hydrogen-bond donors (Lipinski definition) is 3. The van der Waals surface area contributed by atoms with E-state index in [1.165, 1.54) is 0 Å². The number of alkyl halides is 3. The average Bonchev–Trinajstić information content (AvgIpc) is 2.31. The molecule has 2 heterocycles. The molecule has 0 saturated carbocycles. The molecule has 0 radical (unpaired) electrons. The molecule has 1 unspecified atom stereocenters. The van der Waals surface area contributed by atoms with Gasteiger partial charge in [0, 0.05) is 12.5 Å². The van der Waals surface area contributed by atoms with Gasteiger partial charge in [-0.1, -0.05) is 0 Å². The zero-order valence-corrected chi connectivity index (χ0v) is 9.99. The second-order valence-corrected chi connectivity index (χ2v) is 4.15. The number of carbonyl (C=O) groups is 2. The van der Waals surface area contributed by atoms with Gasteiger partial charge in [-0.3, -0.25) is 14.9 Å². The third-order valence-corrected chi connectivity index (χ3v) is 2.56. The van der Waals surface area contributed by atoms with Crippen LogP contribution in [0.4, 0.5) is 24.8 Å². The van der Waals surface area contributed by atoms with E-state index in [0.717, 1.165) is 6.07 Å². The summed E-state index contributed by atoms with van der Waals surface area (Å²) in [6, 6.07) is 0.238. The minimum atomic E-state index is -4.74. The van der Waals surface area contributed by atoms with Crippen LogP contribution in [0.5, 0.6) is 0 Å². The summed E-state index contributed by atoms with van der Waals surface area (Å²) >= 11 is 0. The van der Waals surface area contributed by atoms with Crippen LogP contribution in [0.25, 0.3) is 0 Å². The first-order chi connectivity index (χ1) is 9.25. The predicted molar refractivity (Wildman–Crippen MR) is 61.2 cm³/mol. The van der Waals surface area contributed by atoms with Crippen molar-refractivity contribution in [3.63, 3.8) is 0 Å². The van der Waals surface area contributed by atoms with Crippen molar-refractivity contribution >= 4 is 23.5 Å². The number of hydrogen-bond acceptors (Lipinski definition) is 6. The summed E-state index contributed by atoms with van der Waals surface area (Å²) in [7, 11) is 0. The summed E-state index contributed by atoms with van der Waals surface area (Å²) in [5, 5.41) is 4.58. The number of amides is 2. The Morgan fingerprint density at radius 1 is 1.35 bits per heavy atom.